The van der Waals surface area contributed by atoms with Crippen LogP contribution < -0.4 is 0 Å². The Balaban J connectivity index is 3.45. The number of carbonyl (C=O) groups is 1. The third kappa shape index (κ3) is 3.23. The molecule has 20 heavy (non-hydrogen) atoms. The number of rotatable bonds is 5. The summed E-state index contributed by atoms with van der Waals surface area (Å²) in [6.45, 7) is 1.51. The number of aromatic nitrogens is 1. The minimum absolute atomic E-state index is 0.00678. The lowest BCUT2D eigenvalue weighted by atomic mass is 10.0. The maximum atomic E-state index is 12.8. The van der Waals surface area contributed by atoms with Crippen molar-refractivity contribution in [3.8, 4) is 6.07 Å². The molecule has 0 saturated carbocycles. The van der Waals surface area contributed by atoms with E-state index in [2.05, 4.69) is 9.72 Å². The van der Waals surface area contributed by atoms with E-state index in [-0.39, 0.29) is 6.61 Å². The highest BCUT2D eigenvalue weighted by atomic mass is 19.3. The van der Waals surface area contributed by atoms with Gasteiger partial charge < -0.3 is 4.74 Å². The molecule has 0 N–H and O–H groups in total. The van der Waals surface area contributed by atoms with Gasteiger partial charge in [0.2, 0.25) is 5.69 Å². The van der Waals surface area contributed by atoms with Crippen molar-refractivity contribution in [2.24, 2.45) is 0 Å². The summed E-state index contributed by atoms with van der Waals surface area (Å²) in [6, 6.07) is 1.44. The van der Waals surface area contributed by atoms with Crippen LogP contribution in [0, 0.1) is 21.4 Å². The quantitative estimate of drug-likeness (QED) is 0.464. The zero-order chi connectivity index (χ0) is 15.3. The summed E-state index contributed by atoms with van der Waals surface area (Å²) in [5.41, 5.74) is -2.82. The van der Waals surface area contributed by atoms with E-state index in [1.165, 1.54) is 13.0 Å². The first-order valence-corrected chi connectivity index (χ1v) is 5.42. The Morgan fingerprint density at radius 3 is 2.75 bits per heavy atom. The van der Waals surface area contributed by atoms with E-state index in [1.54, 1.807) is 0 Å². The molecule has 0 aliphatic heterocycles. The van der Waals surface area contributed by atoms with E-state index in [0.29, 0.717) is 6.20 Å². The summed E-state index contributed by atoms with van der Waals surface area (Å²) in [5, 5.41) is 19.7. The Labute approximate surface area is 111 Å². The van der Waals surface area contributed by atoms with Crippen molar-refractivity contribution in [2.75, 3.05) is 6.61 Å². The molecule has 0 fully saturated rings. The molecule has 0 unspecified atom stereocenters. The SMILES string of the molecule is CCOC(=O)Cc1c(C(F)F)cnc(C#N)c1[N+](=O)[O-]. The molecule has 0 spiro atoms. The van der Waals surface area contributed by atoms with Gasteiger partial charge in [-0.05, 0) is 6.92 Å². The van der Waals surface area contributed by atoms with Crippen LogP contribution in [0.15, 0.2) is 6.20 Å². The number of alkyl halides is 2. The molecule has 106 valence electrons. The first kappa shape index (κ1) is 15.4. The van der Waals surface area contributed by atoms with Gasteiger partial charge in [0.05, 0.1) is 23.5 Å². The molecule has 7 nitrogen and oxygen atoms in total. The first-order chi connectivity index (χ1) is 9.42. The van der Waals surface area contributed by atoms with Gasteiger partial charge >= 0.3 is 11.7 Å². The van der Waals surface area contributed by atoms with E-state index in [9.17, 15) is 23.7 Å². The molecular weight excluding hydrogens is 276 g/mol. The van der Waals surface area contributed by atoms with Crippen LogP contribution in [-0.2, 0) is 16.0 Å². The molecule has 0 atom stereocenters. The number of nitro groups is 1. The lowest BCUT2D eigenvalue weighted by molar-refractivity contribution is -0.386. The Bertz CT molecular complexity index is 584. The topological polar surface area (TPSA) is 106 Å². The number of esters is 1. The molecule has 1 heterocycles. The number of hydrogen-bond acceptors (Lipinski definition) is 6. The van der Waals surface area contributed by atoms with Gasteiger partial charge in [0.1, 0.15) is 6.07 Å². The summed E-state index contributed by atoms with van der Waals surface area (Å²) in [5.74, 6) is -0.896. The standard InChI is InChI=1S/C11H9F2N3O4/c1-2-20-9(17)3-6-7(11(12)13)5-15-8(4-14)10(6)16(18)19/h5,11H,2-3H2,1H3. The van der Waals surface area contributed by atoms with Crippen molar-refractivity contribution >= 4 is 11.7 Å². The van der Waals surface area contributed by atoms with Crippen molar-refractivity contribution in [2.45, 2.75) is 19.8 Å². The predicted octanol–water partition coefficient (Wildman–Crippen LogP) is 1.90. The summed E-state index contributed by atoms with van der Waals surface area (Å²) < 4.78 is 30.3. The van der Waals surface area contributed by atoms with Gasteiger partial charge in [-0.15, -0.1) is 0 Å². The van der Waals surface area contributed by atoms with E-state index >= 15 is 0 Å². The highest BCUT2D eigenvalue weighted by Crippen LogP contribution is 2.31. The van der Waals surface area contributed by atoms with Crippen molar-refractivity contribution in [1.29, 1.82) is 5.26 Å². The molecule has 0 aromatic carbocycles. The number of carbonyl (C=O) groups excluding carboxylic acids is 1. The van der Waals surface area contributed by atoms with E-state index in [0.717, 1.165) is 0 Å². The van der Waals surface area contributed by atoms with Gasteiger partial charge in [-0.2, -0.15) is 5.26 Å². The minimum atomic E-state index is -3.06. The molecule has 0 bridgehead atoms. The highest BCUT2D eigenvalue weighted by molar-refractivity contribution is 5.75. The monoisotopic (exact) mass is 285 g/mol. The average Bonchev–Trinajstić information content (AvgIpc) is 2.37. The van der Waals surface area contributed by atoms with Crippen molar-refractivity contribution in [3.63, 3.8) is 0 Å². The second-order valence-electron chi connectivity index (χ2n) is 3.54. The number of ether oxygens (including phenoxy) is 1. The predicted molar refractivity (Wildman–Crippen MR) is 60.9 cm³/mol. The van der Waals surface area contributed by atoms with Crippen molar-refractivity contribution < 1.29 is 23.2 Å². The van der Waals surface area contributed by atoms with Gasteiger partial charge in [0, 0.05) is 11.8 Å². The third-order valence-corrected chi connectivity index (χ3v) is 2.34. The first-order valence-electron chi connectivity index (χ1n) is 5.42. The minimum Gasteiger partial charge on any atom is -0.466 e. The fourth-order valence-corrected chi connectivity index (χ4v) is 1.56. The van der Waals surface area contributed by atoms with Crippen LogP contribution in [-0.4, -0.2) is 22.5 Å². The number of nitrogens with zero attached hydrogens (tertiary/aromatic N) is 3. The summed E-state index contributed by atoms with van der Waals surface area (Å²) in [6.07, 6.45) is -3.12. The van der Waals surface area contributed by atoms with Gasteiger partial charge in [-0.25, -0.2) is 13.8 Å². The van der Waals surface area contributed by atoms with E-state index < -0.39 is 46.2 Å². The lowest BCUT2D eigenvalue weighted by Gasteiger charge is -2.09. The van der Waals surface area contributed by atoms with Crippen LogP contribution in [0.2, 0.25) is 0 Å². The molecule has 0 saturated heterocycles. The third-order valence-electron chi connectivity index (χ3n) is 2.34. The molecular formula is C11H9F2N3O4. The smallest absolute Gasteiger partial charge is 0.310 e. The van der Waals surface area contributed by atoms with Gasteiger partial charge in [-0.3, -0.25) is 14.9 Å². The number of nitriles is 1. The molecule has 1 aromatic rings. The number of pyridine rings is 1. The number of halogens is 2. The van der Waals surface area contributed by atoms with Crippen molar-refractivity contribution in [3.05, 3.63) is 33.1 Å². The van der Waals surface area contributed by atoms with E-state index in [4.69, 9.17) is 5.26 Å². The Morgan fingerprint density at radius 1 is 1.65 bits per heavy atom. The zero-order valence-electron chi connectivity index (χ0n) is 10.3. The second-order valence-corrected chi connectivity index (χ2v) is 3.54. The van der Waals surface area contributed by atoms with Crippen LogP contribution in [0.1, 0.15) is 30.2 Å². The Hall–Kier alpha value is -2.63. The van der Waals surface area contributed by atoms with Crippen LogP contribution in [0.3, 0.4) is 0 Å². The maximum absolute atomic E-state index is 12.8. The highest BCUT2D eigenvalue weighted by Gasteiger charge is 2.29. The van der Waals surface area contributed by atoms with Crippen LogP contribution in [0.4, 0.5) is 14.5 Å². The molecule has 0 radical (unpaired) electrons. The molecule has 9 heteroatoms. The van der Waals surface area contributed by atoms with Crippen molar-refractivity contribution in [1.82, 2.24) is 4.98 Å². The fourth-order valence-electron chi connectivity index (χ4n) is 1.56. The molecule has 0 amide bonds. The fraction of sp³-hybridized carbons (Fsp3) is 0.364. The Kier molecular flexibility index (Phi) is 5.02. The molecule has 1 rings (SSSR count). The molecule has 0 aliphatic carbocycles. The van der Waals surface area contributed by atoms with E-state index in [1.807, 2.05) is 0 Å². The van der Waals surface area contributed by atoms with Crippen LogP contribution in [0.25, 0.3) is 0 Å². The number of hydrogen-bond donors (Lipinski definition) is 0. The lowest BCUT2D eigenvalue weighted by Crippen LogP contribution is -2.13. The van der Waals surface area contributed by atoms with Crippen LogP contribution >= 0.6 is 0 Å². The van der Waals surface area contributed by atoms with Gasteiger partial charge in [0.25, 0.3) is 6.43 Å². The van der Waals surface area contributed by atoms with Gasteiger partial charge in [0.15, 0.2) is 0 Å². The van der Waals surface area contributed by atoms with Gasteiger partial charge in [-0.1, -0.05) is 0 Å². The molecule has 0 aliphatic rings. The second kappa shape index (κ2) is 6.51. The largest absolute Gasteiger partial charge is 0.466 e. The Morgan fingerprint density at radius 2 is 2.30 bits per heavy atom. The van der Waals surface area contributed by atoms with Crippen LogP contribution in [0.5, 0.6) is 0 Å². The maximum Gasteiger partial charge on any atom is 0.310 e. The zero-order valence-corrected chi connectivity index (χ0v) is 10.3. The summed E-state index contributed by atoms with van der Waals surface area (Å²) >= 11 is 0. The average molecular weight is 285 g/mol. The molecule has 1 aromatic heterocycles. The summed E-state index contributed by atoms with van der Waals surface area (Å²) in [7, 11) is 0. The normalized spacial score (nSPS) is 10.2. The summed E-state index contributed by atoms with van der Waals surface area (Å²) in [4.78, 5) is 24.6.